The minimum absolute atomic E-state index is 0.0106. The van der Waals surface area contributed by atoms with Gasteiger partial charge in [0.1, 0.15) is 0 Å². The average Bonchev–Trinajstić information content (AvgIpc) is 3.47. The number of anilines is 1. The minimum atomic E-state index is 0.0106. The lowest BCUT2D eigenvalue weighted by Gasteiger charge is -2.28. The molecule has 5 heteroatoms. The van der Waals surface area contributed by atoms with Gasteiger partial charge < -0.3 is 14.8 Å². The number of benzene rings is 1. The maximum atomic E-state index is 5.85. The third-order valence-electron chi connectivity index (χ3n) is 6.66. The second-order valence-electron chi connectivity index (χ2n) is 8.47. The van der Waals surface area contributed by atoms with Crippen LogP contribution in [-0.4, -0.2) is 14.7 Å². The van der Waals surface area contributed by atoms with Crippen LogP contribution in [0.25, 0.3) is 0 Å². The van der Waals surface area contributed by atoms with Crippen molar-refractivity contribution in [1.29, 1.82) is 0 Å². The molecule has 3 heterocycles. The van der Waals surface area contributed by atoms with Crippen molar-refractivity contribution in [2.75, 3.05) is 4.90 Å². The van der Waals surface area contributed by atoms with Gasteiger partial charge in [0.25, 0.3) is 0 Å². The molecule has 2 atom stereocenters. The molecule has 1 saturated carbocycles. The van der Waals surface area contributed by atoms with Gasteiger partial charge in [-0.1, -0.05) is 37.1 Å². The highest BCUT2D eigenvalue weighted by atomic mass is 32.1. The molecule has 0 unspecified atom stereocenters. The van der Waals surface area contributed by atoms with Crippen LogP contribution in [0.4, 0.5) is 5.69 Å². The lowest BCUT2D eigenvalue weighted by molar-refractivity contribution is 0.494. The monoisotopic (exact) mass is 416 g/mol. The molecule has 0 bridgehead atoms. The van der Waals surface area contributed by atoms with E-state index in [0.29, 0.717) is 6.04 Å². The number of hydrogen-bond acceptors (Lipinski definition) is 2. The second kappa shape index (κ2) is 7.88. The van der Waals surface area contributed by atoms with Crippen molar-refractivity contribution >= 4 is 23.0 Å². The maximum absolute atomic E-state index is 5.85. The van der Waals surface area contributed by atoms with Crippen molar-refractivity contribution in [3.63, 3.8) is 0 Å². The second-order valence-corrected chi connectivity index (χ2v) is 8.85. The van der Waals surface area contributed by atoms with Crippen LogP contribution in [0.3, 0.4) is 0 Å². The normalized spacial score (nSPS) is 21.9. The van der Waals surface area contributed by atoms with Crippen LogP contribution >= 0.6 is 12.2 Å². The summed E-state index contributed by atoms with van der Waals surface area (Å²) in [6.07, 6.45) is 7.09. The third kappa shape index (κ3) is 3.21. The number of para-hydroxylation sites is 1. The lowest BCUT2D eigenvalue weighted by Crippen LogP contribution is -2.29. The summed E-state index contributed by atoms with van der Waals surface area (Å²) in [5.74, 6) is 0. The molecule has 2 aromatic heterocycles. The smallest absolute Gasteiger partial charge is 0.174 e. The third-order valence-corrected chi connectivity index (χ3v) is 6.98. The summed E-state index contributed by atoms with van der Waals surface area (Å²) in [6, 6.07) is 19.7. The molecule has 1 N–H and O–H groups in total. The number of pyridine rings is 1. The summed E-state index contributed by atoms with van der Waals surface area (Å²) in [6.45, 7) is 4.53. The van der Waals surface area contributed by atoms with E-state index in [1.807, 2.05) is 18.3 Å². The van der Waals surface area contributed by atoms with Crippen LogP contribution < -0.4 is 10.2 Å². The number of nitrogens with one attached hydrogen (secondary N) is 1. The van der Waals surface area contributed by atoms with E-state index < -0.39 is 0 Å². The van der Waals surface area contributed by atoms with Crippen molar-refractivity contribution in [3.8, 4) is 0 Å². The molecule has 30 heavy (non-hydrogen) atoms. The zero-order valence-electron chi connectivity index (χ0n) is 17.6. The van der Waals surface area contributed by atoms with E-state index in [-0.39, 0.29) is 12.1 Å². The summed E-state index contributed by atoms with van der Waals surface area (Å²) in [5.41, 5.74) is 6.18. The number of nitrogens with zero attached hydrogens (tertiary/aromatic N) is 3. The molecule has 4 nitrogen and oxygen atoms in total. The van der Waals surface area contributed by atoms with E-state index in [4.69, 9.17) is 12.2 Å². The highest BCUT2D eigenvalue weighted by molar-refractivity contribution is 7.80. The first kappa shape index (κ1) is 19.3. The van der Waals surface area contributed by atoms with E-state index in [9.17, 15) is 0 Å². The molecular weight excluding hydrogens is 388 g/mol. The van der Waals surface area contributed by atoms with Crippen LogP contribution in [0, 0.1) is 13.8 Å². The van der Waals surface area contributed by atoms with Gasteiger partial charge in [-0.25, -0.2) is 0 Å². The minimum Gasteiger partial charge on any atom is -0.351 e. The molecule has 3 aromatic rings. The predicted octanol–water partition coefficient (Wildman–Crippen LogP) is 5.79. The Morgan fingerprint density at radius 1 is 1.00 bits per heavy atom. The highest BCUT2D eigenvalue weighted by Crippen LogP contribution is 2.44. The van der Waals surface area contributed by atoms with Gasteiger partial charge in [-0.2, -0.15) is 0 Å². The van der Waals surface area contributed by atoms with Gasteiger partial charge >= 0.3 is 0 Å². The highest BCUT2D eigenvalue weighted by Gasteiger charge is 2.42. The largest absolute Gasteiger partial charge is 0.351 e. The Labute approximate surface area is 183 Å². The van der Waals surface area contributed by atoms with Crippen LogP contribution in [0.2, 0.25) is 0 Å². The first-order valence-electron chi connectivity index (χ1n) is 10.9. The molecule has 1 aliphatic heterocycles. The van der Waals surface area contributed by atoms with Crippen molar-refractivity contribution < 1.29 is 0 Å². The van der Waals surface area contributed by atoms with Gasteiger partial charge in [0.15, 0.2) is 5.11 Å². The van der Waals surface area contributed by atoms with Crippen LogP contribution in [0.5, 0.6) is 0 Å². The molecule has 5 rings (SSSR count). The zero-order chi connectivity index (χ0) is 20.7. The summed E-state index contributed by atoms with van der Waals surface area (Å²) in [4.78, 5) is 6.95. The molecule has 0 spiro atoms. The molecule has 1 aliphatic carbocycles. The zero-order valence-corrected chi connectivity index (χ0v) is 18.4. The average molecular weight is 417 g/mol. The fourth-order valence-corrected chi connectivity index (χ4v) is 5.71. The Morgan fingerprint density at radius 3 is 2.43 bits per heavy atom. The Morgan fingerprint density at radius 2 is 1.73 bits per heavy atom. The molecule has 154 valence electrons. The molecule has 2 aliphatic rings. The molecule has 0 radical (unpaired) electrons. The fraction of sp³-hybridized carbons (Fsp3) is 0.360. The molecule has 2 fully saturated rings. The lowest BCUT2D eigenvalue weighted by atomic mass is 9.96. The van der Waals surface area contributed by atoms with E-state index in [1.165, 1.54) is 42.6 Å². The first-order chi connectivity index (χ1) is 14.6. The molecule has 1 saturated heterocycles. The van der Waals surface area contributed by atoms with Crippen molar-refractivity contribution in [1.82, 2.24) is 14.9 Å². The molecule has 0 amide bonds. The molecule has 1 aromatic carbocycles. The van der Waals surface area contributed by atoms with Crippen LogP contribution in [0.1, 0.15) is 66.5 Å². The Bertz CT molecular complexity index is 1040. The Balaban J connectivity index is 1.64. The van der Waals surface area contributed by atoms with Crippen molar-refractivity contribution in [2.45, 2.75) is 57.7 Å². The predicted molar refractivity (Wildman–Crippen MR) is 126 cm³/mol. The van der Waals surface area contributed by atoms with Crippen LogP contribution in [0.15, 0.2) is 60.8 Å². The quantitative estimate of drug-likeness (QED) is 0.546. The first-order valence-corrected chi connectivity index (χ1v) is 11.3. The Hall–Kier alpha value is -2.66. The number of aryl methyl sites for hydroxylation is 1. The van der Waals surface area contributed by atoms with Crippen molar-refractivity contribution in [2.24, 2.45) is 0 Å². The van der Waals surface area contributed by atoms with Gasteiger partial charge in [0.2, 0.25) is 0 Å². The van der Waals surface area contributed by atoms with Gasteiger partial charge in [-0.05, 0) is 74.8 Å². The summed E-state index contributed by atoms with van der Waals surface area (Å²) < 4.78 is 2.57. The molecular formula is C25H28N4S. The SMILES string of the molecule is Cc1cc([C@H]2[C@@H](c3ccccn3)NC(=S)N2c2ccccc2)c(C)n1C1CCCC1. The van der Waals surface area contributed by atoms with Gasteiger partial charge in [-0.15, -0.1) is 0 Å². The fourth-order valence-electron chi connectivity index (χ4n) is 5.36. The van der Waals surface area contributed by atoms with E-state index in [1.54, 1.807) is 0 Å². The van der Waals surface area contributed by atoms with E-state index in [0.717, 1.165) is 16.5 Å². The number of aromatic nitrogens is 2. The maximum Gasteiger partial charge on any atom is 0.174 e. The summed E-state index contributed by atoms with van der Waals surface area (Å²) in [7, 11) is 0. The van der Waals surface area contributed by atoms with Gasteiger partial charge in [-0.3, -0.25) is 4.98 Å². The Kier molecular flexibility index (Phi) is 5.07. The number of rotatable bonds is 4. The summed E-state index contributed by atoms with van der Waals surface area (Å²) >= 11 is 5.85. The van der Waals surface area contributed by atoms with E-state index in [2.05, 4.69) is 76.1 Å². The van der Waals surface area contributed by atoms with Gasteiger partial charge in [0, 0.05) is 29.3 Å². The van der Waals surface area contributed by atoms with Crippen LogP contribution in [-0.2, 0) is 0 Å². The van der Waals surface area contributed by atoms with Crippen molar-refractivity contribution in [3.05, 3.63) is 83.4 Å². The van der Waals surface area contributed by atoms with E-state index >= 15 is 0 Å². The van der Waals surface area contributed by atoms with Gasteiger partial charge in [0.05, 0.1) is 17.8 Å². The summed E-state index contributed by atoms with van der Waals surface area (Å²) in [5, 5.41) is 4.34. The topological polar surface area (TPSA) is 33.1 Å². The number of hydrogen-bond donors (Lipinski definition) is 1. The standard InChI is InChI=1S/C25H28N4S/c1-17-16-21(18(2)28(17)19-12-6-7-13-19)24-23(22-14-8-9-15-26-22)27-25(30)29(24)20-10-4-3-5-11-20/h3-5,8-11,14-16,19,23-24H,6-7,12-13H2,1-2H3,(H,27,30)/t23-,24+/m1/s1. The number of thiocarbonyl (C=S) groups is 1.